The average molecular weight is 316 g/mol. The van der Waals surface area contributed by atoms with E-state index >= 15 is 0 Å². The molecule has 0 spiro atoms. The van der Waals surface area contributed by atoms with Crippen molar-refractivity contribution in [3.63, 3.8) is 0 Å². The van der Waals surface area contributed by atoms with E-state index in [9.17, 15) is 13.2 Å². The van der Waals surface area contributed by atoms with Crippen molar-refractivity contribution in [2.24, 2.45) is 5.92 Å². The first-order valence-electron chi connectivity index (χ1n) is 6.73. The van der Waals surface area contributed by atoms with Gasteiger partial charge in [0.2, 0.25) is 0 Å². The molecule has 1 aliphatic carbocycles. The van der Waals surface area contributed by atoms with Gasteiger partial charge in [-0.3, -0.25) is 4.79 Å². The monoisotopic (exact) mass is 315 g/mol. The lowest BCUT2D eigenvalue weighted by molar-refractivity contribution is 0.0927. The highest BCUT2D eigenvalue weighted by molar-refractivity contribution is 8.13. The van der Waals surface area contributed by atoms with E-state index in [2.05, 4.69) is 5.32 Å². The van der Waals surface area contributed by atoms with Crippen molar-refractivity contribution >= 4 is 25.6 Å². The summed E-state index contributed by atoms with van der Waals surface area (Å²) in [7, 11) is 1.47. The fourth-order valence-electron chi connectivity index (χ4n) is 2.65. The standard InChI is InChI=1S/C14H18ClNO3S/c1-10(11-5-2-3-6-11)16-14(17)12-7-4-8-13(9-12)20(15,18)19/h4,7-11H,2-3,5-6H2,1H3,(H,16,17). The van der Waals surface area contributed by atoms with Crippen LogP contribution in [0.15, 0.2) is 29.2 Å². The van der Waals surface area contributed by atoms with Crippen molar-refractivity contribution < 1.29 is 13.2 Å². The SMILES string of the molecule is CC(NC(=O)c1cccc(S(=O)(=O)Cl)c1)C1CCCC1. The van der Waals surface area contributed by atoms with Gasteiger partial charge in [0.05, 0.1) is 4.90 Å². The maximum absolute atomic E-state index is 12.1. The van der Waals surface area contributed by atoms with Crippen LogP contribution in [0.25, 0.3) is 0 Å². The van der Waals surface area contributed by atoms with Crippen molar-refractivity contribution in [3.05, 3.63) is 29.8 Å². The summed E-state index contributed by atoms with van der Waals surface area (Å²) >= 11 is 0. The second-order valence-corrected chi connectivity index (χ2v) is 7.84. The number of hydrogen-bond donors (Lipinski definition) is 1. The van der Waals surface area contributed by atoms with Crippen LogP contribution in [0.4, 0.5) is 0 Å². The Balaban J connectivity index is 2.09. The van der Waals surface area contributed by atoms with E-state index in [1.165, 1.54) is 31.0 Å². The molecule has 1 unspecified atom stereocenters. The van der Waals surface area contributed by atoms with Crippen LogP contribution in [-0.2, 0) is 9.05 Å². The fraction of sp³-hybridized carbons (Fsp3) is 0.500. The summed E-state index contributed by atoms with van der Waals surface area (Å²) in [5, 5.41) is 2.94. The molecule has 0 radical (unpaired) electrons. The van der Waals surface area contributed by atoms with Gasteiger partial charge in [-0.25, -0.2) is 8.42 Å². The zero-order valence-electron chi connectivity index (χ0n) is 11.3. The summed E-state index contributed by atoms with van der Waals surface area (Å²) in [5.74, 6) is 0.255. The molecule has 0 saturated heterocycles. The molecule has 0 heterocycles. The Labute approximate surface area is 123 Å². The fourth-order valence-corrected chi connectivity index (χ4v) is 3.45. The summed E-state index contributed by atoms with van der Waals surface area (Å²) in [6.45, 7) is 2.00. The Morgan fingerprint density at radius 2 is 2.00 bits per heavy atom. The molecule has 0 aromatic heterocycles. The normalized spacial score (nSPS) is 17.9. The van der Waals surface area contributed by atoms with Gasteiger partial charge in [0.1, 0.15) is 0 Å². The van der Waals surface area contributed by atoms with Gasteiger partial charge in [-0.2, -0.15) is 0 Å². The number of carbonyl (C=O) groups is 1. The molecule has 1 amide bonds. The quantitative estimate of drug-likeness (QED) is 0.869. The number of halogens is 1. The third-order valence-corrected chi connectivity index (χ3v) is 5.19. The summed E-state index contributed by atoms with van der Waals surface area (Å²) < 4.78 is 22.5. The molecule has 6 heteroatoms. The number of benzene rings is 1. The molecule has 1 aromatic rings. The molecule has 0 aliphatic heterocycles. The van der Waals surface area contributed by atoms with Crippen molar-refractivity contribution in [1.29, 1.82) is 0 Å². The maximum Gasteiger partial charge on any atom is 0.261 e. The Morgan fingerprint density at radius 3 is 2.60 bits per heavy atom. The Kier molecular flexibility index (Phi) is 4.70. The minimum atomic E-state index is -3.81. The molecule has 1 aliphatic rings. The smallest absolute Gasteiger partial charge is 0.261 e. The highest BCUT2D eigenvalue weighted by atomic mass is 35.7. The van der Waals surface area contributed by atoms with Crippen LogP contribution in [0.2, 0.25) is 0 Å². The van der Waals surface area contributed by atoms with E-state index in [1.54, 1.807) is 6.07 Å². The van der Waals surface area contributed by atoms with Gasteiger partial charge in [-0.05, 0) is 43.9 Å². The van der Waals surface area contributed by atoms with Gasteiger partial charge < -0.3 is 5.32 Å². The van der Waals surface area contributed by atoms with Crippen LogP contribution in [0, 0.1) is 5.92 Å². The molecule has 1 saturated carbocycles. The third-order valence-electron chi connectivity index (χ3n) is 3.84. The molecule has 1 N–H and O–H groups in total. The summed E-state index contributed by atoms with van der Waals surface area (Å²) in [6, 6.07) is 5.88. The highest BCUT2D eigenvalue weighted by Gasteiger charge is 2.23. The van der Waals surface area contributed by atoms with E-state index in [-0.39, 0.29) is 16.8 Å². The average Bonchev–Trinajstić information content (AvgIpc) is 2.91. The van der Waals surface area contributed by atoms with Gasteiger partial charge in [0.15, 0.2) is 0 Å². The first kappa shape index (κ1) is 15.3. The number of rotatable bonds is 4. The Hall–Kier alpha value is -1.07. The van der Waals surface area contributed by atoms with Crippen molar-refractivity contribution in [2.45, 2.75) is 43.5 Å². The second-order valence-electron chi connectivity index (χ2n) is 5.27. The van der Waals surface area contributed by atoms with Crippen LogP contribution < -0.4 is 5.32 Å². The molecule has 110 valence electrons. The van der Waals surface area contributed by atoms with Crippen LogP contribution in [0.1, 0.15) is 43.0 Å². The van der Waals surface area contributed by atoms with Gasteiger partial charge >= 0.3 is 0 Å². The molecular weight excluding hydrogens is 298 g/mol. The van der Waals surface area contributed by atoms with E-state index < -0.39 is 9.05 Å². The summed E-state index contributed by atoms with van der Waals surface area (Å²) in [6.07, 6.45) is 4.70. The summed E-state index contributed by atoms with van der Waals surface area (Å²) in [4.78, 5) is 12.1. The molecule has 4 nitrogen and oxygen atoms in total. The minimum Gasteiger partial charge on any atom is -0.349 e. The zero-order chi connectivity index (χ0) is 14.8. The molecule has 20 heavy (non-hydrogen) atoms. The van der Waals surface area contributed by atoms with E-state index in [1.807, 2.05) is 6.92 Å². The number of hydrogen-bond acceptors (Lipinski definition) is 3. The highest BCUT2D eigenvalue weighted by Crippen LogP contribution is 2.27. The first-order chi connectivity index (χ1) is 9.38. The molecule has 2 rings (SSSR count). The second kappa shape index (κ2) is 6.14. The lowest BCUT2D eigenvalue weighted by Gasteiger charge is -2.20. The Bertz CT molecular complexity index is 594. The Morgan fingerprint density at radius 1 is 1.35 bits per heavy atom. The van der Waals surface area contributed by atoms with Crippen LogP contribution in [0.3, 0.4) is 0 Å². The lowest BCUT2D eigenvalue weighted by Crippen LogP contribution is -2.37. The van der Waals surface area contributed by atoms with Crippen LogP contribution in [0.5, 0.6) is 0 Å². The minimum absolute atomic E-state index is 0.0552. The first-order valence-corrected chi connectivity index (χ1v) is 9.04. The van der Waals surface area contributed by atoms with Crippen molar-refractivity contribution in [1.82, 2.24) is 5.32 Å². The number of carbonyl (C=O) groups excluding carboxylic acids is 1. The van der Waals surface area contributed by atoms with Gasteiger partial charge in [0, 0.05) is 22.3 Å². The number of amides is 1. The van der Waals surface area contributed by atoms with Gasteiger partial charge in [-0.1, -0.05) is 18.9 Å². The molecule has 1 fully saturated rings. The van der Waals surface area contributed by atoms with Gasteiger partial charge in [0.25, 0.3) is 15.0 Å². The van der Waals surface area contributed by atoms with Crippen LogP contribution >= 0.6 is 10.7 Å². The molecule has 1 aromatic carbocycles. The van der Waals surface area contributed by atoms with Crippen LogP contribution in [-0.4, -0.2) is 20.4 Å². The van der Waals surface area contributed by atoms with Gasteiger partial charge in [-0.15, -0.1) is 0 Å². The molecule has 0 bridgehead atoms. The predicted octanol–water partition coefficient (Wildman–Crippen LogP) is 2.92. The predicted molar refractivity (Wildman–Crippen MR) is 78.4 cm³/mol. The summed E-state index contributed by atoms with van der Waals surface area (Å²) in [5.41, 5.74) is 0.316. The number of nitrogens with one attached hydrogen (secondary N) is 1. The topological polar surface area (TPSA) is 63.2 Å². The maximum atomic E-state index is 12.1. The van der Waals surface area contributed by atoms with Crippen molar-refractivity contribution in [2.75, 3.05) is 0 Å². The largest absolute Gasteiger partial charge is 0.349 e. The van der Waals surface area contributed by atoms with E-state index in [0.717, 1.165) is 12.8 Å². The van der Waals surface area contributed by atoms with E-state index in [0.29, 0.717) is 11.5 Å². The zero-order valence-corrected chi connectivity index (χ0v) is 12.9. The lowest BCUT2D eigenvalue weighted by atomic mass is 9.99. The van der Waals surface area contributed by atoms with E-state index in [4.69, 9.17) is 10.7 Å². The molecular formula is C14H18ClNO3S. The molecule has 1 atom stereocenters. The van der Waals surface area contributed by atoms with Crippen molar-refractivity contribution in [3.8, 4) is 0 Å². The third kappa shape index (κ3) is 3.73.